The highest BCUT2D eigenvalue weighted by Crippen LogP contribution is 2.33. The lowest BCUT2D eigenvalue weighted by Crippen LogP contribution is -2.13. The van der Waals surface area contributed by atoms with Crippen LogP contribution in [0.2, 0.25) is 0 Å². The highest BCUT2D eigenvalue weighted by atomic mass is 32.2. The van der Waals surface area contributed by atoms with Crippen LogP contribution in [0.1, 0.15) is 55.2 Å². The molecule has 0 aliphatic heterocycles. The second-order valence-electron chi connectivity index (χ2n) is 7.76. The molecule has 0 radical (unpaired) electrons. The van der Waals surface area contributed by atoms with Crippen molar-refractivity contribution in [1.82, 2.24) is 29.7 Å². The fourth-order valence-corrected chi connectivity index (χ4v) is 4.58. The number of anilines is 1. The summed E-state index contributed by atoms with van der Waals surface area (Å²) in [6, 6.07) is 6.36. The standard InChI is InChI=1S/C22H29N7S/c1-15-16(2)25-21(18-11-6-7-13-23-18)26-20(15)24-14-8-12-19-27-28-22(30-3)29(19)17-9-4-5-10-17/h6-7,11,13,17H,4-5,8-10,12,14H2,1-3H3,(H,24,25,26). The molecule has 1 saturated carbocycles. The first-order chi connectivity index (χ1) is 14.7. The van der Waals surface area contributed by atoms with E-state index in [1.807, 2.05) is 25.1 Å². The van der Waals surface area contributed by atoms with Crippen LogP contribution in [0.3, 0.4) is 0 Å². The van der Waals surface area contributed by atoms with E-state index in [4.69, 9.17) is 4.98 Å². The molecule has 0 aromatic carbocycles. The first-order valence-electron chi connectivity index (χ1n) is 10.7. The van der Waals surface area contributed by atoms with Gasteiger partial charge in [0.25, 0.3) is 0 Å². The SMILES string of the molecule is CSc1nnc(CCCNc2nc(-c3ccccn3)nc(C)c2C)n1C1CCCC1. The molecule has 1 N–H and O–H groups in total. The third-order valence-corrected chi connectivity index (χ3v) is 6.40. The molecule has 3 aromatic heterocycles. The van der Waals surface area contributed by atoms with Gasteiger partial charge in [-0.2, -0.15) is 0 Å². The van der Waals surface area contributed by atoms with Crippen LogP contribution >= 0.6 is 11.8 Å². The van der Waals surface area contributed by atoms with Gasteiger partial charge >= 0.3 is 0 Å². The summed E-state index contributed by atoms with van der Waals surface area (Å²) < 4.78 is 2.39. The minimum absolute atomic E-state index is 0.568. The summed E-state index contributed by atoms with van der Waals surface area (Å²) >= 11 is 1.69. The van der Waals surface area contributed by atoms with Crippen molar-refractivity contribution in [3.63, 3.8) is 0 Å². The lowest BCUT2D eigenvalue weighted by Gasteiger charge is -2.16. The number of thioether (sulfide) groups is 1. The third kappa shape index (κ3) is 4.48. The van der Waals surface area contributed by atoms with Crippen molar-refractivity contribution in [2.75, 3.05) is 18.1 Å². The Hall–Kier alpha value is -2.48. The molecule has 3 aromatic rings. The summed E-state index contributed by atoms with van der Waals surface area (Å²) in [5.41, 5.74) is 2.84. The van der Waals surface area contributed by atoms with E-state index in [1.165, 1.54) is 25.7 Å². The van der Waals surface area contributed by atoms with Gasteiger partial charge in [0.05, 0.1) is 0 Å². The number of hydrogen-bond acceptors (Lipinski definition) is 7. The van der Waals surface area contributed by atoms with Gasteiger partial charge < -0.3 is 9.88 Å². The lowest BCUT2D eigenvalue weighted by atomic mass is 10.2. The molecule has 0 saturated heterocycles. The fourth-order valence-electron chi connectivity index (χ4n) is 4.01. The van der Waals surface area contributed by atoms with E-state index in [9.17, 15) is 0 Å². The maximum absolute atomic E-state index is 4.72. The Kier molecular flexibility index (Phi) is 6.62. The number of pyridine rings is 1. The average molecular weight is 424 g/mol. The van der Waals surface area contributed by atoms with Crippen LogP contribution in [0.15, 0.2) is 29.6 Å². The number of aryl methyl sites for hydroxylation is 2. The summed E-state index contributed by atoms with van der Waals surface area (Å²) in [5, 5.41) is 13.5. The maximum Gasteiger partial charge on any atom is 0.191 e. The van der Waals surface area contributed by atoms with Crippen LogP contribution in [0.4, 0.5) is 5.82 Å². The van der Waals surface area contributed by atoms with Crippen LogP contribution < -0.4 is 5.32 Å². The molecule has 1 fully saturated rings. The monoisotopic (exact) mass is 423 g/mol. The molecular formula is C22H29N7S. The Morgan fingerprint density at radius 3 is 2.70 bits per heavy atom. The molecule has 1 aliphatic carbocycles. The van der Waals surface area contributed by atoms with Gasteiger partial charge in [-0.3, -0.25) is 4.98 Å². The van der Waals surface area contributed by atoms with Gasteiger partial charge in [0, 0.05) is 36.5 Å². The summed E-state index contributed by atoms with van der Waals surface area (Å²) in [6.45, 7) is 4.90. The molecule has 0 bridgehead atoms. The van der Waals surface area contributed by atoms with Gasteiger partial charge in [0.15, 0.2) is 11.0 Å². The number of rotatable bonds is 8. The van der Waals surface area contributed by atoms with E-state index in [0.717, 1.165) is 53.1 Å². The first-order valence-corrected chi connectivity index (χ1v) is 11.9. The van der Waals surface area contributed by atoms with E-state index in [1.54, 1.807) is 18.0 Å². The molecule has 1 aliphatic rings. The van der Waals surface area contributed by atoms with Gasteiger partial charge in [-0.15, -0.1) is 10.2 Å². The zero-order chi connectivity index (χ0) is 20.9. The highest BCUT2D eigenvalue weighted by Gasteiger charge is 2.23. The van der Waals surface area contributed by atoms with Crippen LogP contribution in [-0.4, -0.2) is 42.5 Å². The van der Waals surface area contributed by atoms with E-state index < -0.39 is 0 Å². The van der Waals surface area contributed by atoms with Crippen molar-refractivity contribution >= 4 is 17.6 Å². The average Bonchev–Trinajstić information content (AvgIpc) is 3.43. The summed E-state index contributed by atoms with van der Waals surface area (Å²) in [4.78, 5) is 13.7. The van der Waals surface area contributed by atoms with Crippen molar-refractivity contribution < 1.29 is 0 Å². The lowest BCUT2D eigenvalue weighted by molar-refractivity contribution is 0.461. The molecule has 8 heteroatoms. The molecule has 30 heavy (non-hydrogen) atoms. The predicted molar refractivity (Wildman–Crippen MR) is 121 cm³/mol. The summed E-state index contributed by atoms with van der Waals surface area (Å²) in [7, 11) is 0. The second-order valence-corrected chi connectivity index (χ2v) is 8.54. The summed E-state index contributed by atoms with van der Waals surface area (Å²) in [6.07, 6.45) is 10.8. The smallest absolute Gasteiger partial charge is 0.191 e. The van der Waals surface area contributed by atoms with Crippen molar-refractivity contribution in [1.29, 1.82) is 0 Å². The zero-order valence-corrected chi connectivity index (χ0v) is 18.7. The molecule has 0 unspecified atom stereocenters. The van der Waals surface area contributed by atoms with Crippen molar-refractivity contribution in [3.8, 4) is 11.5 Å². The van der Waals surface area contributed by atoms with Crippen LogP contribution in [-0.2, 0) is 6.42 Å². The molecule has 7 nitrogen and oxygen atoms in total. The number of nitrogens with zero attached hydrogens (tertiary/aromatic N) is 6. The number of aromatic nitrogens is 6. The van der Waals surface area contributed by atoms with E-state index in [0.29, 0.717) is 11.9 Å². The topological polar surface area (TPSA) is 81.4 Å². The Balaban J connectivity index is 1.42. The Bertz CT molecular complexity index is 981. The molecule has 0 atom stereocenters. The zero-order valence-electron chi connectivity index (χ0n) is 17.9. The minimum atomic E-state index is 0.568. The fraction of sp³-hybridized carbons (Fsp3) is 0.500. The van der Waals surface area contributed by atoms with Gasteiger partial charge in [-0.25, -0.2) is 9.97 Å². The first kappa shape index (κ1) is 20.8. The van der Waals surface area contributed by atoms with Gasteiger partial charge in [0.1, 0.15) is 17.3 Å². The van der Waals surface area contributed by atoms with Crippen LogP contribution in [0, 0.1) is 13.8 Å². The van der Waals surface area contributed by atoms with Crippen molar-refractivity contribution in [3.05, 3.63) is 41.5 Å². The van der Waals surface area contributed by atoms with Crippen molar-refractivity contribution in [2.45, 2.75) is 63.6 Å². The minimum Gasteiger partial charge on any atom is -0.370 e. The van der Waals surface area contributed by atoms with Gasteiger partial charge in [0.2, 0.25) is 0 Å². The maximum atomic E-state index is 4.72. The Labute approximate surface area is 182 Å². The quantitative estimate of drug-likeness (QED) is 0.418. The molecule has 158 valence electrons. The Morgan fingerprint density at radius 1 is 1.13 bits per heavy atom. The number of nitrogens with one attached hydrogen (secondary N) is 1. The van der Waals surface area contributed by atoms with Gasteiger partial charge in [-0.1, -0.05) is 30.7 Å². The second kappa shape index (κ2) is 9.55. The molecule has 4 rings (SSSR count). The van der Waals surface area contributed by atoms with Crippen molar-refractivity contribution in [2.24, 2.45) is 0 Å². The van der Waals surface area contributed by atoms with Gasteiger partial charge in [-0.05, 0) is 51.5 Å². The molecule has 0 amide bonds. The predicted octanol–water partition coefficient (Wildman–Crippen LogP) is 4.63. The van der Waals surface area contributed by atoms with E-state index in [2.05, 4.69) is 43.2 Å². The Morgan fingerprint density at radius 2 is 1.97 bits per heavy atom. The van der Waals surface area contributed by atoms with Crippen LogP contribution in [0.25, 0.3) is 11.5 Å². The van der Waals surface area contributed by atoms with E-state index in [-0.39, 0.29) is 0 Å². The summed E-state index contributed by atoms with van der Waals surface area (Å²) in [5.74, 6) is 2.65. The normalized spacial score (nSPS) is 14.4. The number of hydrogen-bond donors (Lipinski definition) is 1. The largest absolute Gasteiger partial charge is 0.370 e. The molecule has 0 spiro atoms. The van der Waals surface area contributed by atoms with Crippen LogP contribution in [0.5, 0.6) is 0 Å². The van der Waals surface area contributed by atoms with E-state index >= 15 is 0 Å². The molecular weight excluding hydrogens is 394 g/mol. The highest BCUT2D eigenvalue weighted by molar-refractivity contribution is 7.98. The molecule has 3 heterocycles. The third-order valence-electron chi connectivity index (χ3n) is 5.76.